The minimum Gasteiger partial charge on any atom is -0.496 e. The predicted molar refractivity (Wildman–Crippen MR) is 94.3 cm³/mol. The minimum absolute atomic E-state index is 0.0172. The number of hydrogen-bond donors (Lipinski definition) is 1. The SMILES string of the molecule is COc1cc(C)c(C(=O)N2CCC(C(N)=O)CC2)cc1C(C)(C)C. The van der Waals surface area contributed by atoms with Crippen LogP contribution in [0.25, 0.3) is 0 Å². The number of carbonyl (C=O) groups excluding carboxylic acids is 2. The lowest BCUT2D eigenvalue weighted by Gasteiger charge is -2.31. The molecule has 0 spiro atoms. The largest absolute Gasteiger partial charge is 0.496 e. The van der Waals surface area contributed by atoms with Gasteiger partial charge >= 0.3 is 0 Å². The average molecular weight is 332 g/mol. The van der Waals surface area contributed by atoms with Crippen LogP contribution in [-0.4, -0.2) is 36.9 Å². The summed E-state index contributed by atoms with van der Waals surface area (Å²) >= 11 is 0. The molecular formula is C19H28N2O3. The predicted octanol–water partition coefficient (Wildman–Crippen LogP) is 2.64. The maximum Gasteiger partial charge on any atom is 0.254 e. The number of primary amides is 1. The van der Waals surface area contributed by atoms with E-state index in [0.717, 1.165) is 16.9 Å². The summed E-state index contributed by atoms with van der Waals surface area (Å²) in [5.41, 5.74) is 7.88. The number of ether oxygens (including phenoxy) is 1. The molecule has 132 valence electrons. The maximum absolute atomic E-state index is 12.9. The number of nitrogens with two attached hydrogens (primary N) is 1. The minimum atomic E-state index is -0.266. The molecule has 0 bridgehead atoms. The first kappa shape index (κ1) is 18.3. The summed E-state index contributed by atoms with van der Waals surface area (Å²) < 4.78 is 5.50. The number of nitrogens with zero attached hydrogens (tertiary/aromatic N) is 1. The summed E-state index contributed by atoms with van der Waals surface area (Å²) in [4.78, 5) is 26.1. The highest BCUT2D eigenvalue weighted by Crippen LogP contribution is 2.34. The van der Waals surface area contributed by atoms with Crippen molar-refractivity contribution in [1.82, 2.24) is 4.90 Å². The molecule has 2 amide bonds. The van der Waals surface area contributed by atoms with Gasteiger partial charge in [-0.15, -0.1) is 0 Å². The van der Waals surface area contributed by atoms with E-state index >= 15 is 0 Å². The molecule has 0 aliphatic carbocycles. The van der Waals surface area contributed by atoms with Gasteiger partial charge in [0.05, 0.1) is 7.11 Å². The molecule has 0 unspecified atom stereocenters. The molecule has 5 heteroatoms. The van der Waals surface area contributed by atoms with Crippen LogP contribution >= 0.6 is 0 Å². The lowest BCUT2D eigenvalue weighted by Crippen LogP contribution is -2.42. The molecular weight excluding hydrogens is 304 g/mol. The molecule has 0 aromatic heterocycles. The van der Waals surface area contributed by atoms with Crippen molar-refractivity contribution in [3.8, 4) is 5.75 Å². The van der Waals surface area contributed by atoms with Crippen LogP contribution < -0.4 is 10.5 Å². The van der Waals surface area contributed by atoms with E-state index in [2.05, 4.69) is 20.8 Å². The third kappa shape index (κ3) is 3.71. The van der Waals surface area contributed by atoms with Gasteiger partial charge in [0, 0.05) is 30.1 Å². The van der Waals surface area contributed by atoms with Crippen LogP contribution in [0.15, 0.2) is 12.1 Å². The van der Waals surface area contributed by atoms with Gasteiger partial charge in [-0.05, 0) is 42.9 Å². The number of methoxy groups -OCH3 is 1. The monoisotopic (exact) mass is 332 g/mol. The molecule has 1 heterocycles. The van der Waals surface area contributed by atoms with Crippen molar-refractivity contribution in [3.05, 3.63) is 28.8 Å². The van der Waals surface area contributed by atoms with Crippen LogP contribution in [-0.2, 0) is 10.2 Å². The third-order valence-electron chi connectivity index (χ3n) is 4.77. The van der Waals surface area contributed by atoms with E-state index in [1.807, 2.05) is 24.0 Å². The number of hydrogen-bond acceptors (Lipinski definition) is 3. The van der Waals surface area contributed by atoms with E-state index in [4.69, 9.17) is 10.5 Å². The van der Waals surface area contributed by atoms with Gasteiger partial charge < -0.3 is 15.4 Å². The van der Waals surface area contributed by atoms with E-state index in [9.17, 15) is 9.59 Å². The topological polar surface area (TPSA) is 72.6 Å². The van der Waals surface area contributed by atoms with Gasteiger partial charge in [0.2, 0.25) is 5.91 Å². The Bertz CT molecular complexity index is 639. The number of piperidine rings is 1. The smallest absolute Gasteiger partial charge is 0.254 e. The van der Waals surface area contributed by atoms with Crippen LogP contribution in [0.5, 0.6) is 5.75 Å². The second kappa shape index (κ2) is 6.83. The van der Waals surface area contributed by atoms with Gasteiger partial charge in [-0.2, -0.15) is 0 Å². The molecule has 1 aromatic rings. The van der Waals surface area contributed by atoms with Crippen molar-refractivity contribution >= 4 is 11.8 Å². The quantitative estimate of drug-likeness (QED) is 0.925. The summed E-state index contributed by atoms with van der Waals surface area (Å²) in [7, 11) is 1.65. The zero-order chi connectivity index (χ0) is 18.1. The van der Waals surface area contributed by atoms with Gasteiger partial charge in [-0.25, -0.2) is 0 Å². The summed E-state index contributed by atoms with van der Waals surface area (Å²) in [6.45, 7) is 9.39. The Kier molecular flexibility index (Phi) is 5.21. The highest BCUT2D eigenvalue weighted by Gasteiger charge is 2.29. The van der Waals surface area contributed by atoms with E-state index in [0.29, 0.717) is 31.5 Å². The van der Waals surface area contributed by atoms with E-state index in [1.54, 1.807) is 7.11 Å². The molecule has 1 aromatic carbocycles. The van der Waals surface area contributed by atoms with Crippen LogP contribution in [0.1, 0.15) is 55.1 Å². The summed E-state index contributed by atoms with van der Waals surface area (Å²) in [6.07, 6.45) is 1.28. The molecule has 1 aliphatic heterocycles. The zero-order valence-electron chi connectivity index (χ0n) is 15.3. The molecule has 1 fully saturated rings. The van der Waals surface area contributed by atoms with Crippen LogP contribution in [0.3, 0.4) is 0 Å². The van der Waals surface area contributed by atoms with Crippen molar-refractivity contribution in [2.24, 2.45) is 11.7 Å². The van der Waals surface area contributed by atoms with E-state index in [-0.39, 0.29) is 23.1 Å². The van der Waals surface area contributed by atoms with Gasteiger partial charge in [-0.1, -0.05) is 20.8 Å². The van der Waals surface area contributed by atoms with Gasteiger partial charge in [0.1, 0.15) is 5.75 Å². The molecule has 2 rings (SSSR count). The lowest BCUT2D eigenvalue weighted by molar-refractivity contribution is -0.123. The molecule has 1 aliphatic rings. The summed E-state index contributed by atoms with van der Waals surface area (Å²) in [5.74, 6) is 0.446. The van der Waals surface area contributed by atoms with E-state index in [1.165, 1.54) is 0 Å². The number of aryl methyl sites for hydroxylation is 1. The Labute approximate surface area is 144 Å². The fraction of sp³-hybridized carbons (Fsp3) is 0.579. The van der Waals surface area contributed by atoms with Crippen molar-refractivity contribution in [3.63, 3.8) is 0 Å². The van der Waals surface area contributed by atoms with Crippen molar-refractivity contribution < 1.29 is 14.3 Å². The third-order valence-corrected chi connectivity index (χ3v) is 4.77. The molecule has 0 saturated carbocycles. The second-order valence-corrected chi connectivity index (χ2v) is 7.59. The Morgan fingerprint density at radius 3 is 2.25 bits per heavy atom. The molecule has 1 saturated heterocycles. The van der Waals surface area contributed by atoms with Crippen molar-refractivity contribution in [2.45, 2.75) is 46.0 Å². The van der Waals surface area contributed by atoms with Gasteiger partial charge in [0.15, 0.2) is 0 Å². The first-order valence-corrected chi connectivity index (χ1v) is 8.43. The van der Waals surface area contributed by atoms with Crippen molar-refractivity contribution in [1.29, 1.82) is 0 Å². The van der Waals surface area contributed by atoms with Crippen LogP contribution in [0, 0.1) is 12.8 Å². The number of benzene rings is 1. The Balaban J connectivity index is 2.28. The van der Waals surface area contributed by atoms with Crippen molar-refractivity contribution in [2.75, 3.05) is 20.2 Å². The molecule has 0 atom stereocenters. The molecule has 0 radical (unpaired) electrons. The Hall–Kier alpha value is -2.04. The summed E-state index contributed by atoms with van der Waals surface area (Å²) in [5, 5.41) is 0. The van der Waals surface area contributed by atoms with Gasteiger partial charge in [0.25, 0.3) is 5.91 Å². The maximum atomic E-state index is 12.9. The number of likely N-dealkylation sites (tertiary alicyclic amines) is 1. The Morgan fingerprint density at radius 2 is 1.79 bits per heavy atom. The average Bonchev–Trinajstić information content (AvgIpc) is 2.52. The number of carbonyl (C=O) groups is 2. The van der Waals surface area contributed by atoms with E-state index < -0.39 is 0 Å². The highest BCUT2D eigenvalue weighted by molar-refractivity contribution is 5.96. The standard InChI is InChI=1S/C19H28N2O3/c1-12-10-16(24-5)15(19(2,3)4)11-14(12)18(23)21-8-6-13(7-9-21)17(20)22/h10-11,13H,6-9H2,1-5H3,(H2,20,22). The molecule has 5 nitrogen and oxygen atoms in total. The van der Waals surface area contributed by atoms with Crippen LogP contribution in [0.2, 0.25) is 0 Å². The second-order valence-electron chi connectivity index (χ2n) is 7.59. The first-order chi connectivity index (χ1) is 11.1. The number of rotatable bonds is 3. The molecule has 2 N–H and O–H groups in total. The van der Waals surface area contributed by atoms with Crippen LogP contribution in [0.4, 0.5) is 0 Å². The first-order valence-electron chi connectivity index (χ1n) is 8.43. The number of amides is 2. The molecule has 24 heavy (non-hydrogen) atoms. The zero-order valence-corrected chi connectivity index (χ0v) is 15.3. The lowest BCUT2D eigenvalue weighted by atomic mass is 9.84. The highest BCUT2D eigenvalue weighted by atomic mass is 16.5. The summed E-state index contributed by atoms with van der Waals surface area (Å²) in [6, 6.07) is 3.89. The normalized spacial score (nSPS) is 16.1. The fourth-order valence-electron chi connectivity index (χ4n) is 3.20. The fourth-order valence-corrected chi connectivity index (χ4v) is 3.20. The van der Waals surface area contributed by atoms with Gasteiger partial charge in [-0.3, -0.25) is 9.59 Å². The Morgan fingerprint density at radius 1 is 1.21 bits per heavy atom.